The summed E-state index contributed by atoms with van der Waals surface area (Å²) < 4.78 is 11.0. The summed E-state index contributed by atoms with van der Waals surface area (Å²) in [5, 5.41) is 3.26. The summed E-state index contributed by atoms with van der Waals surface area (Å²) >= 11 is 0. The van der Waals surface area contributed by atoms with Gasteiger partial charge in [-0.05, 0) is 18.6 Å². The summed E-state index contributed by atoms with van der Waals surface area (Å²) in [6, 6.07) is 6.28. The largest absolute Gasteiger partial charge is 0.496 e. The summed E-state index contributed by atoms with van der Waals surface area (Å²) in [5.74, 6) is 0.953. The zero-order valence-corrected chi connectivity index (χ0v) is 10.2. The van der Waals surface area contributed by atoms with Gasteiger partial charge in [0.1, 0.15) is 5.75 Å². The van der Waals surface area contributed by atoms with Gasteiger partial charge in [0.25, 0.3) is 0 Å². The number of ether oxygens (including phenoxy) is 2. The van der Waals surface area contributed by atoms with Crippen molar-refractivity contribution in [3.63, 3.8) is 0 Å². The van der Waals surface area contributed by atoms with E-state index in [1.54, 1.807) is 14.2 Å². The molecule has 1 aliphatic rings. The lowest BCUT2D eigenvalue weighted by Gasteiger charge is -2.41. The highest BCUT2D eigenvalue weighted by molar-refractivity contribution is 5.38. The minimum Gasteiger partial charge on any atom is -0.496 e. The van der Waals surface area contributed by atoms with E-state index in [-0.39, 0.29) is 5.60 Å². The first kappa shape index (κ1) is 11.4. The second-order valence-corrected chi connectivity index (χ2v) is 4.48. The molecule has 0 bridgehead atoms. The topological polar surface area (TPSA) is 30.5 Å². The zero-order chi connectivity index (χ0) is 11.6. The molecule has 16 heavy (non-hydrogen) atoms. The van der Waals surface area contributed by atoms with Gasteiger partial charge in [0.2, 0.25) is 0 Å². The first-order valence-electron chi connectivity index (χ1n) is 5.58. The van der Waals surface area contributed by atoms with Crippen LogP contribution in [0.5, 0.6) is 5.75 Å². The van der Waals surface area contributed by atoms with Crippen LogP contribution in [0.4, 0.5) is 0 Å². The molecule has 1 aromatic rings. The average molecular weight is 221 g/mol. The Morgan fingerprint density at radius 2 is 2.06 bits per heavy atom. The molecule has 2 rings (SSSR count). The first-order chi connectivity index (χ1) is 7.69. The number of hydrogen-bond donors (Lipinski definition) is 1. The molecule has 0 radical (unpaired) electrons. The van der Waals surface area contributed by atoms with Crippen molar-refractivity contribution in [2.24, 2.45) is 0 Å². The average Bonchev–Trinajstić information content (AvgIpc) is 2.24. The fourth-order valence-corrected chi connectivity index (χ4v) is 2.14. The molecule has 3 nitrogen and oxygen atoms in total. The highest BCUT2D eigenvalue weighted by Crippen LogP contribution is 2.28. The van der Waals surface area contributed by atoms with Crippen LogP contribution in [0.25, 0.3) is 0 Å². The van der Waals surface area contributed by atoms with Crippen LogP contribution in [-0.2, 0) is 11.2 Å². The van der Waals surface area contributed by atoms with Crippen LogP contribution >= 0.6 is 0 Å². The maximum atomic E-state index is 5.60. The van der Waals surface area contributed by atoms with Gasteiger partial charge in [0.05, 0.1) is 12.7 Å². The van der Waals surface area contributed by atoms with E-state index in [9.17, 15) is 0 Å². The van der Waals surface area contributed by atoms with Crippen LogP contribution in [0.15, 0.2) is 18.2 Å². The molecule has 0 amide bonds. The summed E-state index contributed by atoms with van der Waals surface area (Å²) in [7, 11) is 3.50. The van der Waals surface area contributed by atoms with E-state index in [1.807, 2.05) is 6.07 Å². The van der Waals surface area contributed by atoms with Crippen molar-refractivity contribution in [1.29, 1.82) is 0 Å². The molecule has 88 valence electrons. The molecule has 0 unspecified atom stereocenters. The smallest absolute Gasteiger partial charge is 0.122 e. The van der Waals surface area contributed by atoms with Crippen molar-refractivity contribution in [1.82, 2.24) is 5.32 Å². The van der Waals surface area contributed by atoms with Crippen molar-refractivity contribution in [3.8, 4) is 5.75 Å². The third-order valence-corrected chi connectivity index (χ3v) is 3.28. The van der Waals surface area contributed by atoms with Gasteiger partial charge in [-0.3, -0.25) is 0 Å². The van der Waals surface area contributed by atoms with Gasteiger partial charge in [-0.15, -0.1) is 0 Å². The lowest BCUT2D eigenvalue weighted by Crippen LogP contribution is -2.61. The molecule has 0 aromatic heterocycles. The molecule has 0 aliphatic carbocycles. The molecular weight excluding hydrogens is 202 g/mol. The second kappa shape index (κ2) is 4.44. The molecule has 1 saturated heterocycles. The van der Waals surface area contributed by atoms with Crippen LogP contribution in [0.1, 0.15) is 11.1 Å². The lowest BCUT2D eigenvalue weighted by molar-refractivity contribution is -0.0505. The van der Waals surface area contributed by atoms with E-state index in [2.05, 4.69) is 24.4 Å². The van der Waals surface area contributed by atoms with Crippen molar-refractivity contribution < 1.29 is 9.47 Å². The van der Waals surface area contributed by atoms with Gasteiger partial charge < -0.3 is 14.8 Å². The summed E-state index contributed by atoms with van der Waals surface area (Å²) in [6.07, 6.45) is 0.904. The Morgan fingerprint density at radius 3 is 2.56 bits per heavy atom. The van der Waals surface area contributed by atoms with E-state index >= 15 is 0 Å². The van der Waals surface area contributed by atoms with Crippen LogP contribution in [-0.4, -0.2) is 32.9 Å². The van der Waals surface area contributed by atoms with E-state index < -0.39 is 0 Å². The SMILES string of the molecule is COc1ccc(C)cc1CC1(OC)CNC1. The maximum Gasteiger partial charge on any atom is 0.122 e. The molecule has 0 saturated carbocycles. The van der Waals surface area contributed by atoms with E-state index in [0.29, 0.717) is 0 Å². The standard InChI is InChI=1S/C13H19NO2/c1-10-4-5-12(15-2)11(6-10)7-13(16-3)8-14-9-13/h4-6,14H,7-9H2,1-3H3. The van der Waals surface area contributed by atoms with Gasteiger partial charge in [0, 0.05) is 26.6 Å². The quantitative estimate of drug-likeness (QED) is 0.836. The number of rotatable bonds is 4. The summed E-state index contributed by atoms with van der Waals surface area (Å²) in [4.78, 5) is 0. The minimum atomic E-state index is -0.0406. The molecule has 3 heteroatoms. The van der Waals surface area contributed by atoms with Gasteiger partial charge in [0.15, 0.2) is 0 Å². The first-order valence-corrected chi connectivity index (χ1v) is 5.58. The van der Waals surface area contributed by atoms with Crippen LogP contribution < -0.4 is 10.1 Å². The predicted octanol–water partition coefficient (Wildman–Crippen LogP) is 1.53. The third-order valence-electron chi connectivity index (χ3n) is 3.28. The van der Waals surface area contributed by atoms with E-state index in [0.717, 1.165) is 25.3 Å². The molecular formula is C13H19NO2. The highest BCUT2D eigenvalue weighted by Gasteiger charge is 2.37. The third kappa shape index (κ3) is 2.06. The number of methoxy groups -OCH3 is 2. The van der Waals surface area contributed by atoms with E-state index in [1.165, 1.54) is 11.1 Å². The lowest BCUT2D eigenvalue weighted by atomic mass is 9.88. The monoisotopic (exact) mass is 221 g/mol. The predicted molar refractivity (Wildman–Crippen MR) is 64.0 cm³/mol. The normalized spacial score (nSPS) is 17.9. The summed E-state index contributed by atoms with van der Waals surface area (Å²) in [6.45, 7) is 3.93. The second-order valence-electron chi connectivity index (χ2n) is 4.48. The van der Waals surface area contributed by atoms with Gasteiger partial charge >= 0.3 is 0 Å². The number of benzene rings is 1. The van der Waals surface area contributed by atoms with Crippen LogP contribution in [0.2, 0.25) is 0 Å². The van der Waals surface area contributed by atoms with Crippen molar-refractivity contribution >= 4 is 0 Å². The molecule has 0 spiro atoms. The Balaban J connectivity index is 2.22. The number of nitrogens with one attached hydrogen (secondary N) is 1. The van der Waals surface area contributed by atoms with Crippen LogP contribution in [0, 0.1) is 6.92 Å². The molecule has 1 heterocycles. The molecule has 1 aromatic carbocycles. The Labute approximate surface area is 96.8 Å². The van der Waals surface area contributed by atoms with Crippen molar-refractivity contribution in [2.75, 3.05) is 27.3 Å². The molecule has 0 atom stereocenters. The van der Waals surface area contributed by atoms with Gasteiger partial charge in [-0.1, -0.05) is 17.7 Å². The molecule has 1 aliphatic heterocycles. The van der Waals surface area contributed by atoms with Crippen LogP contribution in [0.3, 0.4) is 0 Å². The van der Waals surface area contributed by atoms with Crippen molar-refractivity contribution in [2.45, 2.75) is 18.9 Å². The molecule has 1 fully saturated rings. The summed E-state index contributed by atoms with van der Waals surface area (Å²) in [5.41, 5.74) is 2.45. The Hall–Kier alpha value is -1.06. The van der Waals surface area contributed by atoms with E-state index in [4.69, 9.17) is 9.47 Å². The van der Waals surface area contributed by atoms with Gasteiger partial charge in [-0.25, -0.2) is 0 Å². The van der Waals surface area contributed by atoms with Crippen molar-refractivity contribution in [3.05, 3.63) is 29.3 Å². The fourth-order valence-electron chi connectivity index (χ4n) is 2.14. The van der Waals surface area contributed by atoms with Gasteiger partial charge in [-0.2, -0.15) is 0 Å². The maximum absolute atomic E-state index is 5.60. The molecule has 1 N–H and O–H groups in total. The number of aryl methyl sites for hydroxylation is 1. The Morgan fingerprint density at radius 1 is 1.31 bits per heavy atom. The number of hydrogen-bond acceptors (Lipinski definition) is 3. The highest BCUT2D eigenvalue weighted by atomic mass is 16.5. The fraction of sp³-hybridized carbons (Fsp3) is 0.538. The zero-order valence-electron chi connectivity index (χ0n) is 10.2. The minimum absolute atomic E-state index is 0.0406. The Bertz CT molecular complexity index is 367. The Kier molecular flexibility index (Phi) is 3.17.